The first-order valence-electron chi connectivity index (χ1n) is 7.76. The number of amides is 1. The Bertz CT molecular complexity index is 934. The average molecular weight is 398 g/mol. The monoisotopic (exact) mass is 398 g/mol. The molecule has 11 heteroatoms. The molecule has 0 radical (unpaired) electrons. The zero-order chi connectivity index (χ0) is 19.8. The van der Waals surface area contributed by atoms with E-state index < -0.39 is 29.7 Å². The third-order valence-electron chi connectivity index (χ3n) is 3.80. The van der Waals surface area contributed by atoms with E-state index in [1.807, 2.05) is 0 Å². The van der Waals surface area contributed by atoms with E-state index in [2.05, 4.69) is 15.1 Å². The number of aliphatic imine (C=N–C) groups is 1. The van der Waals surface area contributed by atoms with Crippen molar-refractivity contribution in [2.75, 3.05) is 11.6 Å². The molecule has 2 aromatic rings. The van der Waals surface area contributed by atoms with Gasteiger partial charge in [0.1, 0.15) is 5.92 Å². The van der Waals surface area contributed by atoms with E-state index in [0.717, 1.165) is 11.3 Å². The van der Waals surface area contributed by atoms with Crippen molar-refractivity contribution < 1.29 is 27.9 Å². The Hall–Kier alpha value is -2.82. The van der Waals surface area contributed by atoms with Crippen molar-refractivity contribution in [2.24, 2.45) is 16.0 Å². The lowest BCUT2D eigenvalue weighted by Gasteiger charge is -2.13. The minimum Gasteiger partial charge on any atom is -0.481 e. The fourth-order valence-corrected chi connectivity index (χ4v) is 3.48. The molecule has 0 fully saturated rings. The molecule has 0 saturated heterocycles. The van der Waals surface area contributed by atoms with E-state index in [0.29, 0.717) is 15.2 Å². The van der Waals surface area contributed by atoms with Gasteiger partial charge in [-0.3, -0.25) is 14.6 Å². The van der Waals surface area contributed by atoms with Crippen LogP contribution in [0.5, 0.6) is 0 Å². The molecule has 1 aliphatic heterocycles. The molecule has 2 heterocycles. The lowest BCUT2D eigenvalue weighted by molar-refractivity contribution is -0.136. The van der Waals surface area contributed by atoms with Gasteiger partial charge < -0.3 is 5.11 Å². The van der Waals surface area contributed by atoms with Gasteiger partial charge in [-0.15, -0.1) is 0 Å². The van der Waals surface area contributed by atoms with Gasteiger partial charge >= 0.3 is 12.1 Å². The molecule has 0 saturated carbocycles. The number of carboxylic acids is 1. The summed E-state index contributed by atoms with van der Waals surface area (Å²) in [5.74, 6) is -3.77. The Labute approximate surface area is 154 Å². The van der Waals surface area contributed by atoms with Crippen molar-refractivity contribution in [3.05, 3.63) is 24.3 Å². The highest BCUT2D eigenvalue weighted by Crippen LogP contribution is 2.36. The second-order valence-electron chi connectivity index (χ2n) is 5.70. The number of carbonyl (C=O) groups excluding carboxylic acids is 1. The number of hydrogen-bond acceptors (Lipinski definition) is 6. The van der Waals surface area contributed by atoms with E-state index in [9.17, 15) is 22.8 Å². The molecule has 1 amide bonds. The normalized spacial score (nSPS) is 18.3. The number of rotatable bonds is 5. The number of halogens is 3. The largest absolute Gasteiger partial charge is 0.481 e. The quantitative estimate of drug-likeness (QED) is 0.783. The summed E-state index contributed by atoms with van der Waals surface area (Å²) >= 11 is 1.05. The summed E-state index contributed by atoms with van der Waals surface area (Å²) in [5.41, 5.74) is -0.881. The summed E-state index contributed by atoms with van der Waals surface area (Å²) in [6, 6.07) is 6.90. The third-order valence-corrected chi connectivity index (χ3v) is 4.81. The Kier molecular flexibility index (Phi) is 4.96. The molecule has 1 aromatic carbocycles. The van der Waals surface area contributed by atoms with E-state index >= 15 is 0 Å². The minimum atomic E-state index is -4.84. The molecule has 0 bridgehead atoms. The first-order chi connectivity index (χ1) is 12.7. The highest BCUT2D eigenvalue weighted by molar-refractivity contribution is 7.22. The second kappa shape index (κ2) is 7.06. The van der Waals surface area contributed by atoms with Crippen LogP contribution in [0.4, 0.5) is 18.3 Å². The smallest absolute Gasteiger partial charge is 0.432 e. The number of anilines is 1. The summed E-state index contributed by atoms with van der Waals surface area (Å²) < 4.78 is 40.9. The second-order valence-corrected chi connectivity index (χ2v) is 6.71. The number of hydrazone groups is 1. The number of benzene rings is 1. The Morgan fingerprint density at radius 1 is 1.37 bits per heavy atom. The molecule has 0 aliphatic carbocycles. The lowest BCUT2D eigenvalue weighted by Crippen LogP contribution is -2.37. The number of para-hydroxylation sites is 1. The van der Waals surface area contributed by atoms with Gasteiger partial charge in [-0.2, -0.15) is 23.3 Å². The standard InChI is InChI=1S/C16H13F3N4O3S/c1-8(20-7-6-11(24)25)12-13(16(17,18)19)22-23(14(12)26)15-21-9-4-2-3-5-10(9)27-15/h2-5,12H,6-7H2,1H3,(H,24,25). The maximum Gasteiger partial charge on any atom is 0.432 e. The molecule has 3 rings (SSSR count). The molecule has 1 aromatic heterocycles. The molecule has 1 unspecified atom stereocenters. The zero-order valence-electron chi connectivity index (χ0n) is 13.9. The molecule has 1 atom stereocenters. The summed E-state index contributed by atoms with van der Waals surface area (Å²) in [5, 5.41) is 12.8. The van der Waals surface area contributed by atoms with E-state index in [1.165, 1.54) is 6.92 Å². The van der Waals surface area contributed by atoms with Gasteiger partial charge in [-0.25, -0.2) is 4.98 Å². The number of thiazole rings is 1. The van der Waals surface area contributed by atoms with E-state index in [4.69, 9.17) is 5.11 Å². The van der Waals surface area contributed by atoms with Crippen molar-refractivity contribution in [2.45, 2.75) is 19.5 Å². The SMILES string of the molecule is CC(=NCCC(=O)O)C1C(=O)N(c2nc3ccccc3s2)N=C1C(F)(F)F. The Morgan fingerprint density at radius 2 is 2.07 bits per heavy atom. The van der Waals surface area contributed by atoms with Crippen LogP contribution >= 0.6 is 11.3 Å². The van der Waals surface area contributed by atoms with Crippen LogP contribution in [0.2, 0.25) is 0 Å². The van der Waals surface area contributed by atoms with Gasteiger partial charge in [0, 0.05) is 12.3 Å². The highest BCUT2D eigenvalue weighted by atomic mass is 32.1. The maximum atomic E-state index is 13.4. The maximum absolute atomic E-state index is 13.4. The highest BCUT2D eigenvalue weighted by Gasteiger charge is 2.52. The Balaban J connectivity index is 1.96. The molecule has 1 N–H and O–H groups in total. The first-order valence-corrected chi connectivity index (χ1v) is 8.58. The zero-order valence-corrected chi connectivity index (χ0v) is 14.7. The number of fused-ring (bicyclic) bond motifs is 1. The van der Waals surface area contributed by atoms with E-state index in [-0.39, 0.29) is 23.8 Å². The van der Waals surface area contributed by atoms with Crippen molar-refractivity contribution in [3.8, 4) is 0 Å². The molecule has 7 nitrogen and oxygen atoms in total. The molecular formula is C16H13F3N4O3S. The summed E-state index contributed by atoms with van der Waals surface area (Å²) in [4.78, 5) is 31.2. The minimum absolute atomic E-state index is 0.0313. The van der Waals surface area contributed by atoms with Crippen LogP contribution in [-0.4, -0.2) is 46.1 Å². The number of carboxylic acid groups (broad SMARTS) is 1. The summed E-state index contributed by atoms with van der Waals surface area (Å²) in [6.45, 7) is 1.03. The molecular weight excluding hydrogens is 385 g/mol. The van der Waals surface area contributed by atoms with Gasteiger partial charge in [0.15, 0.2) is 5.71 Å². The predicted octanol–water partition coefficient (Wildman–Crippen LogP) is 3.11. The van der Waals surface area contributed by atoms with Gasteiger partial charge in [0.05, 0.1) is 16.6 Å². The van der Waals surface area contributed by atoms with Crippen LogP contribution in [0.3, 0.4) is 0 Å². The van der Waals surface area contributed by atoms with Gasteiger partial charge in [0.25, 0.3) is 5.91 Å². The summed E-state index contributed by atoms with van der Waals surface area (Å²) in [6.07, 6.45) is -5.19. The van der Waals surface area contributed by atoms with Gasteiger partial charge in [-0.05, 0) is 19.1 Å². The van der Waals surface area contributed by atoms with Crippen LogP contribution in [-0.2, 0) is 9.59 Å². The van der Waals surface area contributed by atoms with Gasteiger partial charge in [0.2, 0.25) is 5.13 Å². The summed E-state index contributed by atoms with van der Waals surface area (Å²) in [7, 11) is 0. The van der Waals surface area contributed by atoms with Crippen LogP contribution < -0.4 is 5.01 Å². The molecule has 1 aliphatic rings. The van der Waals surface area contributed by atoms with Crippen molar-refractivity contribution in [3.63, 3.8) is 0 Å². The third kappa shape index (κ3) is 3.82. The van der Waals surface area contributed by atoms with Crippen molar-refractivity contribution >= 4 is 50.0 Å². The lowest BCUT2D eigenvalue weighted by atomic mass is 9.98. The van der Waals surface area contributed by atoms with Crippen molar-refractivity contribution in [1.29, 1.82) is 0 Å². The van der Waals surface area contributed by atoms with Crippen LogP contribution in [0.15, 0.2) is 34.4 Å². The number of aliphatic carboxylic acids is 1. The van der Waals surface area contributed by atoms with Crippen LogP contribution in [0.1, 0.15) is 13.3 Å². The first kappa shape index (κ1) is 19.0. The predicted molar refractivity (Wildman–Crippen MR) is 94.3 cm³/mol. The molecule has 142 valence electrons. The number of aromatic nitrogens is 1. The topological polar surface area (TPSA) is 95.2 Å². The van der Waals surface area contributed by atoms with Crippen LogP contribution in [0, 0.1) is 5.92 Å². The fourth-order valence-electron chi connectivity index (χ4n) is 2.56. The average Bonchev–Trinajstić information content (AvgIpc) is 3.14. The van der Waals surface area contributed by atoms with Gasteiger partial charge in [-0.1, -0.05) is 23.5 Å². The van der Waals surface area contributed by atoms with Crippen LogP contribution in [0.25, 0.3) is 10.2 Å². The molecule has 0 spiro atoms. The number of carbonyl (C=O) groups is 2. The number of nitrogens with zero attached hydrogens (tertiary/aromatic N) is 4. The molecule has 27 heavy (non-hydrogen) atoms. The van der Waals surface area contributed by atoms with Crippen molar-refractivity contribution in [1.82, 2.24) is 4.98 Å². The Morgan fingerprint density at radius 3 is 2.70 bits per heavy atom. The fraction of sp³-hybridized carbons (Fsp3) is 0.312. The van der Waals surface area contributed by atoms with E-state index in [1.54, 1.807) is 24.3 Å². The number of alkyl halides is 3. The number of hydrogen-bond donors (Lipinski definition) is 1.